The van der Waals surface area contributed by atoms with Crippen LogP contribution in [0.3, 0.4) is 0 Å². The van der Waals surface area contributed by atoms with Crippen LogP contribution >= 0.6 is 11.3 Å². The van der Waals surface area contributed by atoms with Gasteiger partial charge in [-0.3, -0.25) is 24.1 Å². The molecule has 1 aliphatic heterocycles. The highest BCUT2D eigenvalue weighted by Crippen LogP contribution is 2.30. The number of benzene rings is 1. The quantitative estimate of drug-likeness (QED) is 0.170. The number of aromatic nitrogens is 1. The molecule has 0 bridgehead atoms. The molecule has 58 heavy (non-hydrogen) atoms. The average molecular weight is 829 g/mol. The highest BCUT2D eigenvalue weighted by atomic mass is 32.1. The number of amides is 5. The van der Waals surface area contributed by atoms with Crippen molar-refractivity contribution in [1.29, 1.82) is 0 Å². The molecule has 1 aliphatic rings. The van der Waals surface area contributed by atoms with Crippen molar-refractivity contribution in [3.05, 3.63) is 52.5 Å². The summed E-state index contributed by atoms with van der Waals surface area (Å²) in [5, 5.41) is 8.85. The molecule has 0 saturated carbocycles. The monoisotopic (exact) mass is 828 g/mol. The lowest BCUT2D eigenvalue weighted by Gasteiger charge is -2.41. The Kier molecular flexibility index (Phi) is 19.1. The first-order chi connectivity index (χ1) is 27.5. The van der Waals surface area contributed by atoms with Gasteiger partial charge in [0, 0.05) is 46.4 Å². The van der Waals surface area contributed by atoms with Gasteiger partial charge in [0.25, 0.3) is 0 Å². The minimum atomic E-state index is -0.912. The van der Waals surface area contributed by atoms with Crippen LogP contribution in [-0.2, 0) is 39.8 Å². The van der Waals surface area contributed by atoms with Crippen LogP contribution in [0.1, 0.15) is 90.8 Å². The maximum Gasteiger partial charge on any atom is 0.409 e. The zero-order chi connectivity index (χ0) is 43.3. The van der Waals surface area contributed by atoms with E-state index in [9.17, 15) is 24.0 Å². The van der Waals surface area contributed by atoms with Crippen LogP contribution in [0.2, 0.25) is 0 Å². The second-order valence-electron chi connectivity index (χ2n) is 16.2. The molecule has 2 N–H and O–H groups in total. The molecule has 2 aromatic rings. The molecule has 9 atom stereocenters. The molecular formula is C43H68N6O8S. The number of hydrogen-bond acceptors (Lipinski definition) is 10. The number of rotatable bonds is 21. The van der Waals surface area contributed by atoms with E-state index in [1.807, 2.05) is 89.1 Å². The molecule has 0 radical (unpaired) electrons. The van der Waals surface area contributed by atoms with Gasteiger partial charge in [-0.15, -0.1) is 11.3 Å². The van der Waals surface area contributed by atoms with Crippen molar-refractivity contribution in [3.8, 4) is 0 Å². The van der Waals surface area contributed by atoms with E-state index in [0.717, 1.165) is 17.0 Å². The first kappa shape index (κ1) is 48.3. The Morgan fingerprint density at radius 2 is 1.59 bits per heavy atom. The number of hydrogen-bond donors (Lipinski definition) is 2. The zero-order valence-electron chi connectivity index (χ0n) is 36.6. The fraction of sp³-hybridized carbons (Fsp3) is 0.674. The van der Waals surface area contributed by atoms with E-state index in [2.05, 4.69) is 15.6 Å². The fourth-order valence-electron chi connectivity index (χ4n) is 8.22. The maximum atomic E-state index is 14.4. The van der Waals surface area contributed by atoms with Crippen LogP contribution in [0.15, 0.2) is 41.9 Å². The van der Waals surface area contributed by atoms with E-state index in [1.165, 1.54) is 30.4 Å². The summed E-state index contributed by atoms with van der Waals surface area (Å²) >= 11 is 1.49. The number of nitrogens with zero attached hydrogens (tertiary/aromatic N) is 4. The molecule has 324 valence electrons. The van der Waals surface area contributed by atoms with Crippen LogP contribution in [0.4, 0.5) is 4.79 Å². The molecule has 0 unspecified atom stereocenters. The lowest BCUT2D eigenvalue weighted by atomic mass is 9.89. The van der Waals surface area contributed by atoms with Gasteiger partial charge in [-0.05, 0) is 42.6 Å². The van der Waals surface area contributed by atoms with Gasteiger partial charge in [-0.25, -0.2) is 9.78 Å². The number of carbonyl (C=O) groups is 5. The molecule has 3 rings (SSSR count). The molecule has 5 amide bonds. The van der Waals surface area contributed by atoms with Gasteiger partial charge in [0.1, 0.15) is 17.1 Å². The maximum absolute atomic E-state index is 14.4. The third kappa shape index (κ3) is 12.2. The van der Waals surface area contributed by atoms with Crippen LogP contribution in [0.25, 0.3) is 0 Å². The largest absolute Gasteiger partial charge is 0.453 e. The summed E-state index contributed by atoms with van der Waals surface area (Å²) in [6.45, 7) is 13.7. The number of likely N-dealkylation sites (tertiary alicyclic amines) is 1. The van der Waals surface area contributed by atoms with Crippen LogP contribution < -0.4 is 10.6 Å². The normalized spacial score (nSPS) is 18.4. The topological polar surface area (TPSA) is 160 Å². The number of nitrogens with one attached hydrogen (secondary N) is 2. The number of likely N-dealkylation sites (N-methyl/N-ethyl adjacent to an activating group) is 2. The van der Waals surface area contributed by atoms with Crippen LogP contribution in [0, 0.1) is 23.7 Å². The van der Waals surface area contributed by atoms with Crippen molar-refractivity contribution in [2.75, 3.05) is 42.0 Å². The summed E-state index contributed by atoms with van der Waals surface area (Å²) in [6, 6.07) is 7.00. The van der Waals surface area contributed by atoms with Gasteiger partial charge in [0.2, 0.25) is 23.6 Å². The van der Waals surface area contributed by atoms with Crippen molar-refractivity contribution in [2.24, 2.45) is 23.7 Å². The molecule has 1 fully saturated rings. The molecule has 0 aliphatic carbocycles. The molecule has 1 saturated heterocycles. The Hall–Kier alpha value is -4.08. The highest BCUT2D eigenvalue weighted by molar-refractivity contribution is 7.09. The smallest absolute Gasteiger partial charge is 0.409 e. The summed E-state index contributed by atoms with van der Waals surface area (Å²) in [7, 11) is 7.56. The predicted molar refractivity (Wildman–Crippen MR) is 225 cm³/mol. The van der Waals surface area contributed by atoms with Crippen LogP contribution in [-0.4, -0.2) is 128 Å². The number of ether oxygens (including phenoxy) is 3. The summed E-state index contributed by atoms with van der Waals surface area (Å²) in [5.41, 5.74) is 1.08. The van der Waals surface area contributed by atoms with Gasteiger partial charge in [-0.2, -0.15) is 0 Å². The molecule has 1 aromatic heterocycles. The minimum absolute atomic E-state index is 0.00210. The van der Waals surface area contributed by atoms with E-state index in [1.54, 1.807) is 32.4 Å². The Balaban J connectivity index is 1.80. The summed E-state index contributed by atoms with van der Waals surface area (Å²) in [6.07, 6.45) is 2.54. The van der Waals surface area contributed by atoms with E-state index in [-0.39, 0.29) is 54.0 Å². The first-order valence-electron chi connectivity index (χ1n) is 20.5. The standard InChI is InChI=1S/C43H68N6O8S/c1-13-28(6)37(47(8)42(53)35(26(2)3)46-40(52)36(27(4)5)48(9)43(54)57-12)33(55-10)25-34(50)49-22-17-20-32(49)38(56-11)29(7)39(51)45-31(41-44-21-23-58-41)24-30-18-15-14-16-19-30/h14-16,18-19,21,23,26-29,31-33,35-38H,13,17,20,22,24-25H2,1-12H3,(H,45,51)(H,46,52)/t28-,29+,31-,32-,33+,35-,36-,37-,38+/m0/s1. The first-order valence-corrected chi connectivity index (χ1v) is 21.4. The Morgan fingerprint density at radius 1 is 0.914 bits per heavy atom. The number of methoxy groups -OCH3 is 3. The molecule has 14 nitrogen and oxygen atoms in total. The fourth-order valence-corrected chi connectivity index (χ4v) is 8.91. The van der Waals surface area contributed by atoms with Crippen LogP contribution in [0.5, 0.6) is 0 Å². The minimum Gasteiger partial charge on any atom is -0.453 e. The zero-order valence-corrected chi connectivity index (χ0v) is 37.4. The van der Waals surface area contributed by atoms with Crippen molar-refractivity contribution in [3.63, 3.8) is 0 Å². The van der Waals surface area contributed by atoms with Gasteiger partial charge in [0.05, 0.1) is 49.8 Å². The van der Waals surface area contributed by atoms with Gasteiger partial charge in [-0.1, -0.05) is 85.2 Å². The lowest BCUT2D eigenvalue weighted by molar-refractivity contribution is -0.148. The Morgan fingerprint density at radius 3 is 2.12 bits per heavy atom. The molecular weight excluding hydrogens is 761 g/mol. The van der Waals surface area contributed by atoms with Crippen molar-refractivity contribution in [2.45, 2.75) is 123 Å². The lowest BCUT2D eigenvalue weighted by Crippen LogP contribution is -2.60. The summed E-state index contributed by atoms with van der Waals surface area (Å²) in [4.78, 5) is 77.8. The summed E-state index contributed by atoms with van der Waals surface area (Å²) in [5.74, 6) is -2.33. The SMILES string of the molecule is CC[C@H](C)[C@@H]([C@@H](CC(=O)N1CCC[C@H]1[C@H](OC)[C@@H](C)C(=O)N[C@@H](Cc1ccccc1)c1nccs1)OC)N(C)C(=O)[C@@H](NC(=O)[C@H](C(C)C)N(C)C(=O)OC)C(C)C. The van der Waals surface area contributed by atoms with E-state index < -0.39 is 48.3 Å². The third-order valence-corrected chi connectivity index (χ3v) is 12.5. The van der Waals surface area contributed by atoms with Crippen molar-refractivity contribution in [1.82, 2.24) is 30.3 Å². The number of thiazole rings is 1. The Bertz CT molecular complexity index is 1610. The third-order valence-electron chi connectivity index (χ3n) is 11.6. The Labute approximate surface area is 349 Å². The molecule has 15 heteroatoms. The van der Waals surface area contributed by atoms with E-state index >= 15 is 0 Å². The molecule has 0 spiro atoms. The van der Waals surface area contributed by atoms with Gasteiger partial charge >= 0.3 is 6.09 Å². The van der Waals surface area contributed by atoms with Crippen molar-refractivity contribution >= 4 is 41.1 Å². The second kappa shape index (κ2) is 22.9. The van der Waals surface area contributed by atoms with Crippen molar-refractivity contribution < 1.29 is 38.2 Å². The predicted octanol–water partition coefficient (Wildman–Crippen LogP) is 5.33. The highest BCUT2D eigenvalue weighted by Gasteiger charge is 2.43. The van der Waals surface area contributed by atoms with E-state index in [0.29, 0.717) is 25.8 Å². The summed E-state index contributed by atoms with van der Waals surface area (Å²) < 4.78 is 16.9. The van der Waals surface area contributed by atoms with Gasteiger partial charge < -0.3 is 34.6 Å². The second-order valence-corrected chi connectivity index (χ2v) is 17.1. The molecule has 1 aromatic carbocycles. The van der Waals surface area contributed by atoms with E-state index in [4.69, 9.17) is 14.2 Å². The number of carbonyl (C=O) groups excluding carboxylic acids is 5. The average Bonchev–Trinajstić information content (AvgIpc) is 3.93. The molecule has 2 heterocycles. The van der Waals surface area contributed by atoms with Gasteiger partial charge in [0.15, 0.2) is 0 Å².